The molecule has 0 amide bonds. The number of hydrogen-bond donors (Lipinski definition) is 0. The van der Waals surface area contributed by atoms with Crippen molar-refractivity contribution in [3.63, 3.8) is 0 Å². The van der Waals surface area contributed by atoms with Gasteiger partial charge in [0.25, 0.3) is 0 Å². The van der Waals surface area contributed by atoms with E-state index >= 15 is 0 Å². The van der Waals surface area contributed by atoms with Crippen molar-refractivity contribution in [1.29, 1.82) is 0 Å². The largest absolute Gasteiger partial charge is 1.00 e. The molecule has 0 aliphatic heterocycles. The Hall–Kier alpha value is -1.43. The molecule has 1 saturated carbocycles. The average molecular weight is 481 g/mol. The lowest BCUT2D eigenvalue weighted by molar-refractivity contribution is -0.00000588. The predicted molar refractivity (Wildman–Crippen MR) is 131 cm³/mol. The Morgan fingerprint density at radius 3 is 1.73 bits per heavy atom. The zero-order valence-corrected chi connectivity index (χ0v) is 20.8. The third kappa shape index (κ3) is 4.74. The van der Waals surface area contributed by atoms with Gasteiger partial charge in [0.15, 0.2) is 0 Å². The molecule has 0 N–H and O–H groups in total. The molecular formula is C28H34BrP. The molecule has 4 rings (SSSR count). The van der Waals surface area contributed by atoms with Gasteiger partial charge in [-0.2, -0.15) is 0 Å². The fourth-order valence-corrected chi connectivity index (χ4v) is 8.84. The van der Waals surface area contributed by atoms with Crippen molar-refractivity contribution in [3.8, 4) is 0 Å². The highest BCUT2D eigenvalue weighted by atomic mass is 79.9. The van der Waals surface area contributed by atoms with Gasteiger partial charge in [0, 0.05) is 0 Å². The van der Waals surface area contributed by atoms with E-state index in [4.69, 9.17) is 0 Å². The van der Waals surface area contributed by atoms with Crippen LogP contribution in [0.1, 0.15) is 56.9 Å². The summed E-state index contributed by atoms with van der Waals surface area (Å²) in [7, 11) is -1.66. The molecule has 30 heavy (non-hydrogen) atoms. The minimum atomic E-state index is -1.66. The summed E-state index contributed by atoms with van der Waals surface area (Å²) in [5.74, 6) is 1.67. The highest BCUT2D eigenvalue weighted by Crippen LogP contribution is 2.53. The van der Waals surface area contributed by atoms with Crippen molar-refractivity contribution in [3.05, 3.63) is 90.5 Å². The topological polar surface area (TPSA) is 0 Å². The molecular weight excluding hydrogens is 447 g/mol. The first-order valence-corrected chi connectivity index (χ1v) is 13.5. The molecule has 1 aliphatic rings. The molecule has 0 bridgehead atoms. The number of halogens is 1. The van der Waals surface area contributed by atoms with E-state index < -0.39 is 7.26 Å². The van der Waals surface area contributed by atoms with Crippen LogP contribution in [0.15, 0.2) is 84.9 Å². The van der Waals surface area contributed by atoms with Crippen molar-refractivity contribution in [2.45, 2.75) is 51.4 Å². The summed E-state index contributed by atoms with van der Waals surface area (Å²) in [4.78, 5) is 0. The van der Waals surface area contributed by atoms with Crippen molar-refractivity contribution < 1.29 is 17.0 Å². The molecule has 2 heteroatoms. The normalized spacial score (nSPS) is 19.1. The molecule has 0 aromatic heterocycles. The molecule has 0 unspecified atom stereocenters. The number of rotatable bonds is 6. The van der Waals surface area contributed by atoms with Gasteiger partial charge in [0.05, 0.1) is 6.66 Å². The van der Waals surface area contributed by atoms with Gasteiger partial charge in [-0.25, -0.2) is 0 Å². The van der Waals surface area contributed by atoms with Crippen LogP contribution in [0.4, 0.5) is 0 Å². The quantitative estimate of drug-likeness (QED) is 0.472. The van der Waals surface area contributed by atoms with Gasteiger partial charge in [-0.05, 0) is 73.4 Å². The van der Waals surface area contributed by atoms with E-state index in [0.717, 1.165) is 5.92 Å². The monoisotopic (exact) mass is 480 g/mol. The van der Waals surface area contributed by atoms with Gasteiger partial charge in [-0.1, -0.05) is 74.4 Å². The summed E-state index contributed by atoms with van der Waals surface area (Å²) >= 11 is 0. The summed E-state index contributed by atoms with van der Waals surface area (Å²) in [6, 6.07) is 31.8. The molecule has 158 valence electrons. The highest BCUT2D eigenvalue weighted by Gasteiger charge is 2.42. The van der Waals surface area contributed by atoms with E-state index in [0.29, 0.717) is 5.92 Å². The third-order valence-corrected chi connectivity index (χ3v) is 11.0. The Balaban J connectivity index is 0.00000256. The highest BCUT2D eigenvalue weighted by molar-refractivity contribution is 7.95. The molecule has 3 aromatic rings. The third-order valence-electron chi connectivity index (χ3n) is 6.95. The molecule has 0 heterocycles. The first kappa shape index (κ1) is 23.2. The summed E-state index contributed by atoms with van der Waals surface area (Å²) in [6.45, 7) is 4.86. The summed E-state index contributed by atoms with van der Waals surface area (Å²) in [5, 5.41) is 4.56. The molecule has 1 aliphatic carbocycles. The lowest BCUT2D eigenvalue weighted by Crippen LogP contribution is -3.00. The van der Waals surface area contributed by atoms with E-state index in [2.05, 4.69) is 98.5 Å². The average Bonchev–Trinajstić information content (AvgIpc) is 2.80. The SMILES string of the molecule is CCC[C@H]1CC[C@H](c2ccccc2[P+](C)(c2ccccc2)c2ccccc2)CC1.[Br-]. The second-order valence-electron chi connectivity index (χ2n) is 8.74. The standard InChI is InChI=1S/C28H34P.BrH/c1-3-12-23-19-21-24(22-20-23)27-17-10-11-18-28(27)29(2,25-13-6-4-7-14-25)26-15-8-5-9-16-26;/h4-11,13-18,23-24H,3,12,19-22H2,1-2H3;1H/q+1;/p-1/t23-,24-;. The Morgan fingerprint density at radius 2 is 1.20 bits per heavy atom. The first-order valence-electron chi connectivity index (χ1n) is 11.3. The van der Waals surface area contributed by atoms with E-state index in [1.165, 1.54) is 49.1 Å². The van der Waals surface area contributed by atoms with Crippen LogP contribution in [0.2, 0.25) is 0 Å². The van der Waals surface area contributed by atoms with Crippen LogP contribution in [-0.2, 0) is 0 Å². The number of benzene rings is 3. The smallest absolute Gasteiger partial charge is 0.109 e. The van der Waals surface area contributed by atoms with Crippen molar-refractivity contribution in [2.24, 2.45) is 5.92 Å². The van der Waals surface area contributed by atoms with Gasteiger partial charge in [-0.15, -0.1) is 0 Å². The van der Waals surface area contributed by atoms with Crippen LogP contribution in [0, 0.1) is 5.92 Å². The maximum absolute atomic E-state index is 2.53. The predicted octanol–water partition coefficient (Wildman–Crippen LogP) is 3.69. The van der Waals surface area contributed by atoms with Gasteiger partial charge in [0.2, 0.25) is 0 Å². The van der Waals surface area contributed by atoms with E-state index in [-0.39, 0.29) is 17.0 Å². The maximum Gasteiger partial charge on any atom is 0.109 e. The Morgan fingerprint density at radius 1 is 0.700 bits per heavy atom. The van der Waals surface area contributed by atoms with E-state index in [9.17, 15) is 0 Å². The minimum Gasteiger partial charge on any atom is -1.00 e. The van der Waals surface area contributed by atoms with Crippen molar-refractivity contribution in [2.75, 3.05) is 6.66 Å². The van der Waals surface area contributed by atoms with Crippen LogP contribution < -0.4 is 32.9 Å². The number of hydrogen-bond acceptors (Lipinski definition) is 0. The van der Waals surface area contributed by atoms with Crippen LogP contribution in [-0.4, -0.2) is 6.66 Å². The van der Waals surface area contributed by atoms with Gasteiger partial charge < -0.3 is 17.0 Å². The van der Waals surface area contributed by atoms with Crippen LogP contribution in [0.5, 0.6) is 0 Å². The molecule has 0 spiro atoms. The molecule has 1 fully saturated rings. The van der Waals surface area contributed by atoms with Gasteiger partial charge in [0.1, 0.15) is 23.2 Å². The Labute approximate surface area is 194 Å². The molecule has 0 radical (unpaired) electrons. The first-order chi connectivity index (χ1) is 14.2. The zero-order valence-electron chi connectivity index (χ0n) is 18.3. The lowest BCUT2D eigenvalue weighted by Gasteiger charge is -2.32. The zero-order chi connectivity index (χ0) is 20.1. The second kappa shape index (κ2) is 10.7. The molecule has 0 nitrogen and oxygen atoms in total. The summed E-state index contributed by atoms with van der Waals surface area (Å²) in [5.41, 5.74) is 1.62. The Kier molecular flexibility index (Phi) is 8.32. The maximum atomic E-state index is 2.53. The summed E-state index contributed by atoms with van der Waals surface area (Å²) in [6.07, 6.45) is 8.25. The lowest BCUT2D eigenvalue weighted by atomic mass is 9.77. The van der Waals surface area contributed by atoms with Crippen LogP contribution in [0.3, 0.4) is 0 Å². The molecule has 0 saturated heterocycles. The van der Waals surface area contributed by atoms with Gasteiger partial charge >= 0.3 is 0 Å². The van der Waals surface area contributed by atoms with E-state index in [1.807, 2.05) is 0 Å². The molecule has 0 atom stereocenters. The van der Waals surface area contributed by atoms with Crippen molar-refractivity contribution >= 4 is 23.2 Å². The van der Waals surface area contributed by atoms with E-state index in [1.54, 1.807) is 10.9 Å². The second-order valence-corrected chi connectivity index (χ2v) is 12.3. The van der Waals surface area contributed by atoms with Crippen molar-refractivity contribution in [1.82, 2.24) is 0 Å². The Bertz CT molecular complexity index is 859. The fraction of sp³-hybridized carbons (Fsp3) is 0.357. The van der Waals surface area contributed by atoms with Crippen LogP contribution >= 0.6 is 7.26 Å². The molecule has 3 aromatic carbocycles. The van der Waals surface area contributed by atoms with Crippen LogP contribution in [0.25, 0.3) is 0 Å². The van der Waals surface area contributed by atoms with Gasteiger partial charge in [-0.3, -0.25) is 0 Å². The minimum absolute atomic E-state index is 0. The fourth-order valence-electron chi connectivity index (χ4n) is 5.29. The summed E-state index contributed by atoms with van der Waals surface area (Å²) < 4.78 is 0.